The van der Waals surface area contributed by atoms with Gasteiger partial charge in [0.25, 0.3) is 11.6 Å². The minimum atomic E-state index is -0.894. The molecule has 0 saturated heterocycles. The zero-order valence-corrected chi connectivity index (χ0v) is 14.8. The number of nitrogens with one attached hydrogen (secondary N) is 1. The Balaban J connectivity index is 1.67. The predicted molar refractivity (Wildman–Crippen MR) is 96.9 cm³/mol. The Labute approximate surface area is 152 Å². The van der Waals surface area contributed by atoms with E-state index in [1.54, 1.807) is 23.1 Å². The minimum absolute atomic E-state index is 0.174. The fourth-order valence-electron chi connectivity index (χ4n) is 1.90. The summed E-state index contributed by atoms with van der Waals surface area (Å²) in [5.74, 6) is 0.292. The summed E-state index contributed by atoms with van der Waals surface area (Å²) in [6, 6.07) is 9.50. The molecule has 0 spiro atoms. The lowest BCUT2D eigenvalue weighted by molar-refractivity contribution is -0.385. The first-order valence-electron chi connectivity index (χ1n) is 7.35. The van der Waals surface area contributed by atoms with Crippen LogP contribution in [0.4, 0.5) is 5.69 Å². The Morgan fingerprint density at radius 2 is 2.04 bits per heavy atom. The number of nitro groups is 1. The van der Waals surface area contributed by atoms with E-state index >= 15 is 0 Å². The molecule has 1 N–H and O–H groups in total. The molecule has 0 radical (unpaired) electrons. The number of carbonyl (C=O) groups is 2. The van der Waals surface area contributed by atoms with Crippen molar-refractivity contribution in [3.8, 4) is 0 Å². The van der Waals surface area contributed by atoms with Crippen LogP contribution in [0.5, 0.6) is 0 Å². The highest BCUT2D eigenvalue weighted by atomic mass is 32.2. The molecular formula is C16H16N2O5S2. The maximum atomic E-state index is 11.9. The van der Waals surface area contributed by atoms with Gasteiger partial charge in [0.1, 0.15) is 5.56 Å². The standard InChI is InChI=1S/C16H16N2O5S2/c19-15(17-7-9-24-11-12-4-3-8-25-12)10-23-16(20)13-5-1-2-6-14(13)18(21)22/h1-6,8H,7,9-11H2,(H,17,19). The van der Waals surface area contributed by atoms with Crippen molar-refractivity contribution in [1.29, 1.82) is 0 Å². The SMILES string of the molecule is O=C(COC(=O)c1ccccc1[N+](=O)[O-])NCCSCc1cccs1. The lowest BCUT2D eigenvalue weighted by Gasteiger charge is -2.06. The highest BCUT2D eigenvalue weighted by molar-refractivity contribution is 7.98. The lowest BCUT2D eigenvalue weighted by Crippen LogP contribution is -2.30. The molecule has 0 bridgehead atoms. The van der Waals surface area contributed by atoms with E-state index in [4.69, 9.17) is 4.74 Å². The van der Waals surface area contributed by atoms with Gasteiger partial charge in [-0.1, -0.05) is 18.2 Å². The average molecular weight is 380 g/mol. The first-order valence-corrected chi connectivity index (χ1v) is 9.38. The molecule has 7 nitrogen and oxygen atoms in total. The summed E-state index contributed by atoms with van der Waals surface area (Å²) in [5.41, 5.74) is -0.523. The second kappa shape index (κ2) is 9.80. The number of benzene rings is 1. The van der Waals surface area contributed by atoms with Gasteiger partial charge in [-0.05, 0) is 17.5 Å². The number of amides is 1. The van der Waals surface area contributed by atoms with Crippen molar-refractivity contribution in [2.45, 2.75) is 5.75 Å². The van der Waals surface area contributed by atoms with Crippen LogP contribution in [0.2, 0.25) is 0 Å². The van der Waals surface area contributed by atoms with Crippen molar-refractivity contribution >= 4 is 40.7 Å². The first kappa shape index (κ1) is 18.9. The molecule has 0 unspecified atom stereocenters. The van der Waals surface area contributed by atoms with Crippen molar-refractivity contribution in [3.63, 3.8) is 0 Å². The normalized spacial score (nSPS) is 10.2. The van der Waals surface area contributed by atoms with Gasteiger partial charge in [0, 0.05) is 29.0 Å². The number of ether oxygens (including phenoxy) is 1. The topological polar surface area (TPSA) is 98.5 Å². The maximum absolute atomic E-state index is 11.9. The molecule has 1 amide bonds. The third-order valence-corrected chi connectivity index (χ3v) is 5.12. The molecule has 9 heteroatoms. The Kier molecular flexibility index (Phi) is 7.42. The first-order chi connectivity index (χ1) is 12.1. The zero-order valence-electron chi connectivity index (χ0n) is 13.2. The Morgan fingerprint density at radius 1 is 1.24 bits per heavy atom. The molecule has 0 aliphatic rings. The summed E-state index contributed by atoms with van der Waals surface area (Å²) in [6.07, 6.45) is 0. The van der Waals surface area contributed by atoms with E-state index in [1.807, 2.05) is 11.4 Å². The summed E-state index contributed by atoms with van der Waals surface area (Å²) in [4.78, 5) is 35.0. The number of rotatable bonds is 9. The molecule has 0 atom stereocenters. The third-order valence-electron chi connectivity index (χ3n) is 3.05. The molecule has 0 aliphatic carbocycles. The van der Waals surface area contributed by atoms with E-state index in [1.165, 1.54) is 29.1 Å². The van der Waals surface area contributed by atoms with Crippen molar-refractivity contribution in [2.24, 2.45) is 0 Å². The number of thioether (sulfide) groups is 1. The molecule has 1 aromatic heterocycles. The van der Waals surface area contributed by atoms with E-state index in [9.17, 15) is 19.7 Å². The van der Waals surface area contributed by atoms with Gasteiger partial charge >= 0.3 is 5.97 Å². The van der Waals surface area contributed by atoms with Crippen molar-refractivity contribution in [3.05, 3.63) is 62.3 Å². The molecule has 2 aromatic rings. The number of carbonyl (C=O) groups excluding carboxylic acids is 2. The molecule has 25 heavy (non-hydrogen) atoms. The van der Waals surface area contributed by atoms with Gasteiger partial charge in [-0.15, -0.1) is 11.3 Å². The van der Waals surface area contributed by atoms with E-state index in [0.717, 1.165) is 11.5 Å². The summed E-state index contributed by atoms with van der Waals surface area (Å²) in [6.45, 7) is -0.0155. The number of esters is 1. The summed E-state index contributed by atoms with van der Waals surface area (Å²) in [7, 11) is 0. The number of hydrogen-bond acceptors (Lipinski definition) is 7. The van der Waals surface area contributed by atoms with Crippen LogP contribution in [0.15, 0.2) is 41.8 Å². The average Bonchev–Trinajstić information content (AvgIpc) is 3.12. The molecule has 0 saturated carbocycles. The number of para-hydroxylation sites is 1. The van der Waals surface area contributed by atoms with E-state index in [0.29, 0.717) is 6.54 Å². The predicted octanol–water partition coefficient (Wildman–Crippen LogP) is 2.86. The fourth-order valence-corrected chi connectivity index (χ4v) is 3.59. The Hall–Kier alpha value is -2.39. The van der Waals surface area contributed by atoms with Crippen LogP contribution >= 0.6 is 23.1 Å². The fraction of sp³-hybridized carbons (Fsp3) is 0.250. The maximum Gasteiger partial charge on any atom is 0.345 e. The monoisotopic (exact) mass is 380 g/mol. The second-order valence-corrected chi connectivity index (χ2v) is 6.97. The van der Waals surface area contributed by atoms with Crippen LogP contribution < -0.4 is 5.32 Å². The minimum Gasteiger partial charge on any atom is -0.452 e. The molecule has 2 rings (SSSR count). The van der Waals surface area contributed by atoms with Crippen molar-refractivity contribution in [2.75, 3.05) is 18.9 Å². The quantitative estimate of drug-likeness (QED) is 0.311. The largest absolute Gasteiger partial charge is 0.452 e. The zero-order chi connectivity index (χ0) is 18.1. The highest BCUT2D eigenvalue weighted by Gasteiger charge is 2.21. The highest BCUT2D eigenvalue weighted by Crippen LogP contribution is 2.18. The van der Waals surface area contributed by atoms with Crippen LogP contribution in [-0.4, -0.2) is 35.7 Å². The van der Waals surface area contributed by atoms with Crippen LogP contribution in [0.25, 0.3) is 0 Å². The number of hydrogen-bond donors (Lipinski definition) is 1. The van der Waals surface area contributed by atoms with Gasteiger partial charge in [0.15, 0.2) is 6.61 Å². The molecule has 0 fully saturated rings. The molecular weight excluding hydrogens is 364 g/mol. The summed E-state index contributed by atoms with van der Waals surface area (Å²) < 4.78 is 4.84. The molecule has 1 aromatic carbocycles. The summed E-state index contributed by atoms with van der Waals surface area (Å²) in [5, 5.41) is 15.5. The van der Waals surface area contributed by atoms with Gasteiger partial charge in [-0.3, -0.25) is 14.9 Å². The molecule has 132 valence electrons. The summed E-state index contributed by atoms with van der Waals surface area (Å²) >= 11 is 3.38. The van der Waals surface area contributed by atoms with Gasteiger partial charge in [-0.2, -0.15) is 11.8 Å². The third kappa shape index (κ3) is 6.20. The molecule has 0 aliphatic heterocycles. The van der Waals surface area contributed by atoms with Gasteiger partial charge in [0.2, 0.25) is 0 Å². The van der Waals surface area contributed by atoms with Crippen LogP contribution in [0.3, 0.4) is 0 Å². The smallest absolute Gasteiger partial charge is 0.345 e. The van der Waals surface area contributed by atoms with Gasteiger partial charge < -0.3 is 10.1 Å². The van der Waals surface area contributed by atoms with E-state index in [-0.39, 0.29) is 11.3 Å². The van der Waals surface area contributed by atoms with Crippen molar-refractivity contribution < 1.29 is 19.2 Å². The number of thiophene rings is 1. The van der Waals surface area contributed by atoms with Crippen LogP contribution in [-0.2, 0) is 15.3 Å². The van der Waals surface area contributed by atoms with Gasteiger partial charge in [-0.25, -0.2) is 4.79 Å². The van der Waals surface area contributed by atoms with Crippen LogP contribution in [0, 0.1) is 10.1 Å². The Morgan fingerprint density at radius 3 is 2.76 bits per heavy atom. The number of nitrogens with zero attached hydrogens (tertiary/aromatic N) is 1. The second-order valence-electron chi connectivity index (χ2n) is 4.83. The van der Waals surface area contributed by atoms with Gasteiger partial charge in [0.05, 0.1) is 4.92 Å². The van der Waals surface area contributed by atoms with Crippen molar-refractivity contribution in [1.82, 2.24) is 5.32 Å². The lowest BCUT2D eigenvalue weighted by atomic mass is 10.2. The van der Waals surface area contributed by atoms with Crippen LogP contribution in [0.1, 0.15) is 15.2 Å². The molecule has 1 heterocycles. The Bertz CT molecular complexity index is 734. The number of nitro benzene ring substituents is 1. The van der Waals surface area contributed by atoms with E-state index < -0.39 is 23.4 Å². The van der Waals surface area contributed by atoms with E-state index in [2.05, 4.69) is 11.4 Å².